The van der Waals surface area contributed by atoms with Crippen LogP contribution in [-0.4, -0.2) is 38.1 Å². The Kier molecular flexibility index (Phi) is 6.07. The Morgan fingerprint density at radius 1 is 1.26 bits per heavy atom. The first-order valence-electron chi connectivity index (χ1n) is 8.65. The summed E-state index contributed by atoms with van der Waals surface area (Å²) in [7, 11) is 4.18. The van der Waals surface area contributed by atoms with E-state index in [1.54, 1.807) is 35.2 Å². The lowest BCUT2D eigenvalue weighted by molar-refractivity contribution is -0.858. The van der Waals surface area contributed by atoms with Crippen LogP contribution in [0.5, 0.6) is 0 Å². The number of nitrogens with one attached hydrogen (secondary N) is 1. The topological polar surface area (TPSA) is 61.4 Å². The van der Waals surface area contributed by atoms with E-state index in [0.29, 0.717) is 27.8 Å². The Labute approximate surface area is 167 Å². The molecule has 5 nitrogen and oxygen atoms in total. The fourth-order valence-electron chi connectivity index (χ4n) is 2.74. The van der Waals surface area contributed by atoms with Crippen LogP contribution >= 0.6 is 22.9 Å². The van der Waals surface area contributed by atoms with Gasteiger partial charge < -0.3 is 4.90 Å². The fourth-order valence-corrected chi connectivity index (χ4v) is 4.03. The van der Waals surface area contributed by atoms with Crippen molar-refractivity contribution in [2.75, 3.05) is 32.1 Å². The van der Waals surface area contributed by atoms with Crippen molar-refractivity contribution in [2.24, 2.45) is 0 Å². The monoisotopic (exact) mass is 399 g/mol. The first-order valence-corrected chi connectivity index (χ1v) is 9.85. The maximum absolute atomic E-state index is 13.2. The quantitative estimate of drug-likeness (QED) is 0.693. The van der Waals surface area contributed by atoms with Gasteiger partial charge in [0, 0.05) is 18.5 Å². The summed E-state index contributed by atoms with van der Waals surface area (Å²) in [5.41, 5.74) is 1.78. The Morgan fingerprint density at radius 2 is 2.00 bits per heavy atom. The number of fused-ring (bicyclic) bond motifs is 1. The molecule has 0 aliphatic rings. The number of rotatable bonds is 6. The number of quaternary nitrogens is 1. The maximum atomic E-state index is 13.2. The standard InChI is InChI=1S/C20H19ClN4OS/c1-24(2)11-4-12-25(19(26)15-9-7-14(13-22)8-10-15)20-23-18-16(21)5-3-6-17(18)27-20/h3,5-10H,4,11-12H2,1-2H3/p+1. The van der Waals surface area contributed by atoms with Gasteiger partial charge in [-0.15, -0.1) is 0 Å². The minimum Gasteiger partial charge on any atom is -0.340 e. The fraction of sp³-hybridized carbons (Fsp3) is 0.250. The Bertz CT molecular complexity index is 991. The number of carbonyl (C=O) groups is 1. The number of nitriles is 1. The lowest BCUT2D eigenvalue weighted by Gasteiger charge is -2.20. The van der Waals surface area contributed by atoms with Crippen molar-refractivity contribution in [3.63, 3.8) is 0 Å². The first-order chi connectivity index (χ1) is 13.0. The molecule has 138 valence electrons. The van der Waals surface area contributed by atoms with Crippen molar-refractivity contribution in [2.45, 2.75) is 6.42 Å². The molecule has 0 saturated heterocycles. The van der Waals surface area contributed by atoms with Gasteiger partial charge in [-0.1, -0.05) is 29.0 Å². The normalized spacial score (nSPS) is 10.9. The number of benzene rings is 2. The number of carbonyl (C=O) groups excluding carboxylic acids is 1. The molecule has 0 unspecified atom stereocenters. The number of para-hydroxylation sites is 1. The summed E-state index contributed by atoms with van der Waals surface area (Å²) < 4.78 is 0.952. The van der Waals surface area contributed by atoms with Gasteiger partial charge in [0.25, 0.3) is 5.91 Å². The second kappa shape index (κ2) is 8.49. The number of amides is 1. The molecule has 27 heavy (non-hydrogen) atoms. The predicted octanol–water partition coefficient (Wildman–Crippen LogP) is 3.00. The van der Waals surface area contributed by atoms with Crippen molar-refractivity contribution >= 4 is 44.2 Å². The molecule has 0 fully saturated rings. The summed E-state index contributed by atoms with van der Waals surface area (Å²) in [4.78, 5) is 20.8. The number of nitrogens with zero attached hydrogens (tertiary/aromatic N) is 3. The smallest absolute Gasteiger partial charge is 0.260 e. The van der Waals surface area contributed by atoms with E-state index in [4.69, 9.17) is 16.9 Å². The van der Waals surface area contributed by atoms with Crippen molar-refractivity contribution in [3.05, 3.63) is 58.6 Å². The molecule has 7 heteroatoms. The van der Waals surface area contributed by atoms with Crippen LogP contribution in [0.3, 0.4) is 0 Å². The molecular weight excluding hydrogens is 380 g/mol. The minimum atomic E-state index is -0.122. The van der Waals surface area contributed by atoms with Gasteiger partial charge in [-0.05, 0) is 36.4 Å². The molecule has 0 spiro atoms. The number of hydrogen-bond acceptors (Lipinski definition) is 4. The summed E-state index contributed by atoms with van der Waals surface area (Å²) in [6, 6.07) is 14.4. The van der Waals surface area contributed by atoms with Crippen molar-refractivity contribution in [1.82, 2.24) is 4.98 Å². The molecule has 3 aromatic rings. The van der Waals surface area contributed by atoms with E-state index in [0.717, 1.165) is 23.2 Å². The summed E-state index contributed by atoms with van der Waals surface area (Å²) >= 11 is 7.72. The molecular formula is C20H20ClN4OS+. The molecule has 3 rings (SSSR count). The molecule has 2 aromatic carbocycles. The van der Waals surface area contributed by atoms with Crippen molar-refractivity contribution < 1.29 is 9.69 Å². The second-order valence-electron chi connectivity index (χ2n) is 6.54. The molecule has 1 heterocycles. The van der Waals surface area contributed by atoms with E-state index < -0.39 is 0 Å². The summed E-state index contributed by atoms with van der Waals surface area (Å²) in [6.07, 6.45) is 0.855. The first kappa shape index (κ1) is 19.3. The summed E-state index contributed by atoms with van der Waals surface area (Å²) in [6.45, 7) is 1.52. The van der Waals surface area contributed by atoms with E-state index in [-0.39, 0.29) is 5.91 Å². The molecule has 1 aromatic heterocycles. The Hall–Kier alpha value is -2.46. The number of thiazole rings is 1. The highest BCUT2D eigenvalue weighted by atomic mass is 35.5. The highest BCUT2D eigenvalue weighted by Crippen LogP contribution is 2.33. The minimum absolute atomic E-state index is 0.122. The molecule has 0 aliphatic carbocycles. The lowest BCUT2D eigenvalue weighted by Crippen LogP contribution is -3.05. The Balaban J connectivity index is 1.94. The number of aromatic nitrogens is 1. The number of hydrogen-bond donors (Lipinski definition) is 1. The molecule has 0 radical (unpaired) electrons. The van der Waals surface area contributed by atoms with Crippen LogP contribution in [0.2, 0.25) is 5.02 Å². The van der Waals surface area contributed by atoms with Crippen LogP contribution in [0, 0.1) is 11.3 Å². The molecule has 0 bridgehead atoms. The van der Waals surface area contributed by atoms with E-state index >= 15 is 0 Å². The van der Waals surface area contributed by atoms with E-state index in [2.05, 4.69) is 25.1 Å². The number of halogens is 1. The van der Waals surface area contributed by atoms with Crippen LogP contribution in [0.1, 0.15) is 22.3 Å². The average Bonchev–Trinajstić information content (AvgIpc) is 3.10. The van der Waals surface area contributed by atoms with E-state index in [1.807, 2.05) is 12.1 Å². The third-order valence-corrected chi connectivity index (χ3v) is 5.50. The van der Waals surface area contributed by atoms with Crippen molar-refractivity contribution in [1.29, 1.82) is 5.26 Å². The van der Waals surface area contributed by atoms with Crippen LogP contribution in [0.25, 0.3) is 10.2 Å². The zero-order valence-corrected chi connectivity index (χ0v) is 16.8. The Morgan fingerprint density at radius 3 is 2.63 bits per heavy atom. The van der Waals surface area contributed by atoms with Gasteiger partial charge in [0.2, 0.25) is 0 Å². The van der Waals surface area contributed by atoms with Gasteiger partial charge >= 0.3 is 0 Å². The largest absolute Gasteiger partial charge is 0.340 e. The average molecular weight is 400 g/mol. The third-order valence-electron chi connectivity index (χ3n) is 4.15. The maximum Gasteiger partial charge on any atom is 0.260 e. The predicted molar refractivity (Wildman–Crippen MR) is 110 cm³/mol. The van der Waals surface area contributed by atoms with Crippen LogP contribution in [0.15, 0.2) is 42.5 Å². The van der Waals surface area contributed by atoms with Gasteiger partial charge in [0.1, 0.15) is 5.52 Å². The zero-order chi connectivity index (χ0) is 19.4. The van der Waals surface area contributed by atoms with Gasteiger partial charge in [0.05, 0.1) is 42.0 Å². The highest BCUT2D eigenvalue weighted by Gasteiger charge is 2.22. The molecule has 0 saturated carbocycles. The van der Waals surface area contributed by atoms with Crippen LogP contribution in [-0.2, 0) is 0 Å². The third kappa shape index (κ3) is 4.45. The van der Waals surface area contributed by atoms with Crippen molar-refractivity contribution in [3.8, 4) is 6.07 Å². The second-order valence-corrected chi connectivity index (χ2v) is 7.96. The van der Waals surface area contributed by atoms with E-state index in [1.165, 1.54) is 16.2 Å². The van der Waals surface area contributed by atoms with E-state index in [9.17, 15) is 4.79 Å². The van der Waals surface area contributed by atoms with Gasteiger partial charge in [-0.2, -0.15) is 5.26 Å². The van der Waals surface area contributed by atoms with Gasteiger partial charge in [-0.25, -0.2) is 4.98 Å². The summed E-state index contributed by atoms with van der Waals surface area (Å²) in [5, 5.41) is 10.2. The molecule has 1 N–H and O–H groups in total. The zero-order valence-electron chi connectivity index (χ0n) is 15.2. The molecule has 1 amide bonds. The SMILES string of the molecule is C[NH+](C)CCCN(C(=O)c1ccc(C#N)cc1)c1nc2c(Cl)cccc2s1. The van der Waals surface area contributed by atoms with Crippen LogP contribution < -0.4 is 9.80 Å². The van der Waals surface area contributed by atoms with Gasteiger partial charge in [-0.3, -0.25) is 9.69 Å². The van der Waals surface area contributed by atoms with Crippen LogP contribution in [0.4, 0.5) is 5.13 Å². The molecule has 0 aliphatic heterocycles. The highest BCUT2D eigenvalue weighted by molar-refractivity contribution is 7.22. The lowest BCUT2D eigenvalue weighted by atomic mass is 10.1. The summed E-state index contributed by atoms with van der Waals surface area (Å²) in [5.74, 6) is -0.122. The van der Waals surface area contributed by atoms with Gasteiger partial charge in [0.15, 0.2) is 5.13 Å². The molecule has 0 atom stereocenters. The number of anilines is 1.